The quantitative estimate of drug-likeness (QED) is 0.584. The number of thioether (sulfide) groups is 1. The molecule has 1 saturated heterocycles. The standard InChI is InChI=1S/C15H24N2S/c1-18-15-4-2-13(3-5-15)6-9-16-10-7-14-8-11-17-12-14/h2-5,14,16-17H,6-12H2,1H3. The molecule has 2 N–H and O–H groups in total. The number of rotatable bonds is 7. The molecule has 0 aliphatic carbocycles. The molecule has 18 heavy (non-hydrogen) atoms. The van der Waals surface area contributed by atoms with E-state index in [-0.39, 0.29) is 0 Å². The summed E-state index contributed by atoms with van der Waals surface area (Å²) in [6.45, 7) is 4.69. The van der Waals surface area contributed by atoms with E-state index in [0.717, 1.165) is 25.4 Å². The molecule has 1 aliphatic heterocycles. The van der Waals surface area contributed by atoms with E-state index in [1.54, 1.807) is 11.8 Å². The van der Waals surface area contributed by atoms with Gasteiger partial charge in [0, 0.05) is 4.90 Å². The van der Waals surface area contributed by atoms with E-state index in [4.69, 9.17) is 0 Å². The molecule has 1 atom stereocenters. The molecule has 0 saturated carbocycles. The fourth-order valence-corrected chi connectivity index (χ4v) is 2.83. The van der Waals surface area contributed by atoms with Crippen LogP contribution in [0.25, 0.3) is 0 Å². The van der Waals surface area contributed by atoms with Gasteiger partial charge in [0.25, 0.3) is 0 Å². The Kier molecular flexibility index (Phi) is 6.05. The molecular formula is C15H24N2S. The van der Waals surface area contributed by atoms with Crippen molar-refractivity contribution in [3.05, 3.63) is 29.8 Å². The minimum Gasteiger partial charge on any atom is -0.316 e. The molecule has 0 amide bonds. The Balaban J connectivity index is 1.56. The smallest absolute Gasteiger partial charge is 0.00693 e. The summed E-state index contributed by atoms with van der Waals surface area (Å²) >= 11 is 1.80. The van der Waals surface area contributed by atoms with Crippen molar-refractivity contribution in [1.82, 2.24) is 10.6 Å². The highest BCUT2D eigenvalue weighted by atomic mass is 32.2. The van der Waals surface area contributed by atoms with Crippen molar-refractivity contribution in [3.8, 4) is 0 Å². The van der Waals surface area contributed by atoms with Crippen LogP contribution in [-0.2, 0) is 6.42 Å². The number of nitrogens with one attached hydrogen (secondary N) is 2. The first-order chi connectivity index (χ1) is 8.88. The summed E-state index contributed by atoms with van der Waals surface area (Å²) in [5.74, 6) is 0.901. The van der Waals surface area contributed by atoms with Gasteiger partial charge in [0.05, 0.1) is 0 Å². The van der Waals surface area contributed by atoms with Gasteiger partial charge in [-0.15, -0.1) is 11.8 Å². The minimum atomic E-state index is 0.901. The van der Waals surface area contributed by atoms with Crippen molar-refractivity contribution in [2.75, 3.05) is 32.4 Å². The zero-order valence-electron chi connectivity index (χ0n) is 11.2. The van der Waals surface area contributed by atoms with E-state index in [1.807, 2.05) is 0 Å². The second kappa shape index (κ2) is 7.82. The summed E-state index contributed by atoms with van der Waals surface area (Å²) in [6.07, 6.45) is 5.93. The summed E-state index contributed by atoms with van der Waals surface area (Å²) in [5.41, 5.74) is 1.43. The maximum absolute atomic E-state index is 3.56. The van der Waals surface area contributed by atoms with Gasteiger partial charge in [-0.2, -0.15) is 0 Å². The topological polar surface area (TPSA) is 24.1 Å². The van der Waals surface area contributed by atoms with Crippen molar-refractivity contribution < 1.29 is 0 Å². The Morgan fingerprint density at radius 3 is 2.78 bits per heavy atom. The lowest BCUT2D eigenvalue weighted by Gasteiger charge is -2.09. The Morgan fingerprint density at radius 1 is 1.28 bits per heavy atom. The molecule has 1 aromatic carbocycles. The summed E-state index contributed by atoms with van der Waals surface area (Å²) in [7, 11) is 0. The molecule has 1 fully saturated rings. The van der Waals surface area contributed by atoms with Crippen molar-refractivity contribution in [2.45, 2.75) is 24.2 Å². The van der Waals surface area contributed by atoms with Crippen molar-refractivity contribution in [3.63, 3.8) is 0 Å². The van der Waals surface area contributed by atoms with Gasteiger partial charge >= 0.3 is 0 Å². The zero-order valence-corrected chi connectivity index (χ0v) is 12.1. The average molecular weight is 264 g/mol. The van der Waals surface area contributed by atoms with Gasteiger partial charge in [-0.25, -0.2) is 0 Å². The van der Waals surface area contributed by atoms with Crippen LogP contribution >= 0.6 is 11.8 Å². The van der Waals surface area contributed by atoms with Crippen LogP contribution in [0.5, 0.6) is 0 Å². The second-order valence-corrected chi connectivity index (χ2v) is 5.88. The van der Waals surface area contributed by atoms with E-state index in [9.17, 15) is 0 Å². The maximum Gasteiger partial charge on any atom is 0.00693 e. The van der Waals surface area contributed by atoms with Gasteiger partial charge in [0.1, 0.15) is 0 Å². The first kappa shape index (κ1) is 13.9. The van der Waals surface area contributed by atoms with Gasteiger partial charge < -0.3 is 10.6 Å². The molecule has 1 aliphatic rings. The van der Waals surface area contributed by atoms with E-state index in [2.05, 4.69) is 41.2 Å². The van der Waals surface area contributed by atoms with Crippen LogP contribution in [0.2, 0.25) is 0 Å². The third kappa shape index (κ3) is 4.63. The first-order valence-corrected chi connectivity index (χ1v) is 8.15. The number of benzene rings is 1. The van der Waals surface area contributed by atoms with Crippen LogP contribution in [0.15, 0.2) is 29.2 Å². The largest absolute Gasteiger partial charge is 0.316 e. The van der Waals surface area contributed by atoms with Crippen LogP contribution in [0.3, 0.4) is 0 Å². The molecule has 2 nitrogen and oxygen atoms in total. The fourth-order valence-electron chi connectivity index (χ4n) is 2.42. The molecule has 0 bridgehead atoms. The molecule has 0 aromatic heterocycles. The predicted molar refractivity (Wildman–Crippen MR) is 80.4 cm³/mol. The van der Waals surface area contributed by atoms with Crippen LogP contribution in [-0.4, -0.2) is 32.4 Å². The van der Waals surface area contributed by atoms with Crippen LogP contribution in [0.1, 0.15) is 18.4 Å². The van der Waals surface area contributed by atoms with Crippen molar-refractivity contribution in [2.24, 2.45) is 5.92 Å². The molecule has 0 spiro atoms. The summed E-state index contributed by atoms with van der Waals surface area (Å²) in [4.78, 5) is 1.35. The zero-order chi connectivity index (χ0) is 12.6. The summed E-state index contributed by atoms with van der Waals surface area (Å²) in [5, 5.41) is 6.98. The van der Waals surface area contributed by atoms with Gasteiger partial charge in [-0.3, -0.25) is 0 Å². The summed E-state index contributed by atoms with van der Waals surface area (Å²) < 4.78 is 0. The molecule has 100 valence electrons. The van der Waals surface area contributed by atoms with Gasteiger partial charge in [-0.05, 0) is 75.3 Å². The maximum atomic E-state index is 3.56. The highest BCUT2D eigenvalue weighted by molar-refractivity contribution is 7.98. The van der Waals surface area contributed by atoms with Crippen LogP contribution in [0.4, 0.5) is 0 Å². The molecule has 1 aromatic rings. The highest BCUT2D eigenvalue weighted by Gasteiger charge is 2.12. The molecule has 1 heterocycles. The Bertz CT molecular complexity index is 331. The van der Waals surface area contributed by atoms with Crippen molar-refractivity contribution >= 4 is 11.8 Å². The molecule has 0 radical (unpaired) electrons. The second-order valence-electron chi connectivity index (χ2n) is 5.00. The highest BCUT2D eigenvalue weighted by Crippen LogP contribution is 2.15. The van der Waals surface area contributed by atoms with E-state index >= 15 is 0 Å². The Labute approximate surface area is 115 Å². The summed E-state index contributed by atoms with van der Waals surface area (Å²) in [6, 6.07) is 8.91. The first-order valence-electron chi connectivity index (χ1n) is 6.93. The normalized spacial score (nSPS) is 19.3. The van der Waals surface area contributed by atoms with E-state index in [0.29, 0.717) is 0 Å². The van der Waals surface area contributed by atoms with Crippen LogP contribution < -0.4 is 10.6 Å². The Morgan fingerprint density at radius 2 is 2.11 bits per heavy atom. The number of hydrogen-bond acceptors (Lipinski definition) is 3. The third-order valence-corrected chi connectivity index (χ3v) is 4.38. The lowest BCUT2D eigenvalue weighted by molar-refractivity contribution is 0.501. The van der Waals surface area contributed by atoms with Gasteiger partial charge in [0.15, 0.2) is 0 Å². The number of hydrogen-bond donors (Lipinski definition) is 2. The predicted octanol–water partition coefficient (Wildman–Crippen LogP) is 2.54. The SMILES string of the molecule is CSc1ccc(CCNCCC2CCNC2)cc1. The van der Waals surface area contributed by atoms with Gasteiger partial charge in [0.2, 0.25) is 0 Å². The lowest BCUT2D eigenvalue weighted by atomic mass is 10.1. The van der Waals surface area contributed by atoms with Crippen molar-refractivity contribution in [1.29, 1.82) is 0 Å². The van der Waals surface area contributed by atoms with E-state index in [1.165, 1.54) is 36.4 Å². The molecular weight excluding hydrogens is 240 g/mol. The Hall–Kier alpha value is -0.510. The molecule has 1 unspecified atom stereocenters. The molecule has 3 heteroatoms. The lowest BCUT2D eigenvalue weighted by Crippen LogP contribution is -2.21. The minimum absolute atomic E-state index is 0.901. The third-order valence-electron chi connectivity index (χ3n) is 3.64. The fraction of sp³-hybridized carbons (Fsp3) is 0.600. The van der Waals surface area contributed by atoms with Gasteiger partial charge in [-0.1, -0.05) is 12.1 Å². The molecule has 2 rings (SSSR count). The van der Waals surface area contributed by atoms with E-state index < -0.39 is 0 Å². The van der Waals surface area contributed by atoms with Crippen LogP contribution in [0, 0.1) is 5.92 Å². The monoisotopic (exact) mass is 264 g/mol. The average Bonchev–Trinajstić information content (AvgIpc) is 2.92.